The van der Waals surface area contributed by atoms with E-state index in [9.17, 15) is 13.2 Å². The topological polar surface area (TPSA) is 38.0 Å². The maximum Gasteiger partial charge on any atom is 0.194 e. The Morgan fingerprint density at radius 3 is 2.20 bits per heavy atom. The molecule has 1 atom stereocenters. The lowest BCUT2D eigenvalue weighted by Gasteiger charge is -2.20. The first kappa shape index (κ1) is 12.0. The molecular weight excluding hydrogens is 205 g/mol. The number of benzene rings is 1. The molecule has 0 bridgehead atoms. The fourth-order valence-corrected chi connectivity index (χ4v) is 1.42. The first-order valence-corrected chi connectivity index (χ1v) is 4.58. The molecule has 84 valence electrons. The summed E-state index contributed by atoms with van der Waals surface area (Å²) in [5, 5.41) is 0. The van der Waals surface area contributed by atoms with Gasteiger partial charge in [-0.2, -0.15) is 0 Å². The quantitative estimate of drug-likeness (QED) is 0.464. The second kappa shape index (κ2) is 4.63. The van der Waals surface area contributed by atoms with E-state index in [1.165, 1.54) is 6.07 Å². The van der Waals surface area contributed by atoms with Gasteiger partial charge in [0.2, 0.25) is 0 Å². The van der Waals surface area contributed by atoms with Crippen molar-refractivity contribution in [1.82, 2.24) is 5.43 Å². The van der Waals surface area contributed by atoms with Crippen LogP contribution in [-0.2, 0) is 0 Å². The van der Waals surface area contributed by atoms with Crippen LogP contribution in [0.3, 0.4) is 0 Å². The highest BCUT2D eigenvalue weighted by atomic mass is 19.2. The smallest absolute Gasteiger partial charge is 0.194 e. The van der Waals surface area contributed by atoms with Crippen molar-refractivity contribution in [3.05, 3.63) is 35.1 Å². The number of hydrogen-bond acceptors (Lipinski definition) is 2. The molecule has 1 aromatic rings. The van der Waals surface area contributed by atoms with E-state index >= 15 is 0 Å². The second-order valence-corrected chi connectivity index (χ2v) is 3.65. The molecule has 0 saturated carbocycles. The van der Waals surface area contributed by atoms with Crippen LogP contribution < -0.4 is 11.3 Å². The first-order valence-electron chi connectivity index (χ1n) is 4.58. The Morgan fingerprint density at radius 1 is 1.13 bits per heavy atom. The maximum absolute atomic E-state index is 13.3. The number of nitrogens with two attached hydrogens (primary N) is 1. The van der Waals surface area contributed by atoms with Gasteiger partial charge in [0, 0.05) is 5.56 Å². The number of hydrogen-bond donors (Lipinski definition) is 2. The van der Waals surface area contributed by atoms with E-state index in [-0.39, 0.29) is 11.5 Å². The number of halogens is 3. The predicted octanol–water partition coefficient (Wildman–Crippen LogP) is 2.26. The Balaban J connectivity index is 3.19. The summed E-state index contributed by atoms with van der Waals surface area (Å²) in [6, 6.07) is 1.54. The van der Waals surface area contributed by atoms with Crippen LogP contribution in [0.1, 0.15) is 25.5 Å². The first-order chi connectivity index (χ1) is 6.99. The van der Waals surface area contributed by atoms with Crippen LogP contribution in [-0.4, -0.2) is 0 Å². The molecule has 0 amide bonds. The number of rotatable bonds is 3. The van der Waals surface area contributed by atoms with Crippen LogP contribution in [0.5, 0.6) is 0 Å². The van der Waals surface area contributed by atoms with Crippen LogP contribution in [0.15, 0.2) is 12.1 Å². The van der Waals surface area contributed by atoms with Gasteiger partial charge in [-0.3, -0.25) is 11.3 Å². The van der Waals surface area contributed by atoms with E-state index in [1.54, 1.807) is 13.8 Å². The van der Waals surface area contributed by atoms with Gasteiger partial charge in [0.25, 0.3) is 0 Å². The van der Waals surface area contributed by atoms with Gasteiger partial charge in [0.05, 0.1) is 6.04 Å². The fourth-order valence-electron chi connectivity index (χ4n) is 1.42. The molecule has 1 unspecified atom stereocenters. The molecule has 1 rings (SSSR count). The Morgan fingerprint density at radius 2 is 1.73 bits per heavy atom. The Labute approximate surface area is 86.2 Å². The zero-order chi connectivity index (χ0) is 11.6. The molecule has 0 saturated heterocycles. The highest BCUT2D eigenvalue weighted by molar-refractivity contribution is 5.23. The molecular formula is C10H13F3N2. The number of hydrazine groups is 1. The summed E-state index contributed by atoms with van der Waals surface area (Å²) < 4.78 is 38.9. The van der Waals surface area contributed by atoms with Crippen molar-refractivity contribution in [2.45, 2.75) is 19.9 Å². The van der Waals surface area contributed by atoms with E-state index in [2.05, 4.69) is 5.43 Å². The fraction of sp³-hybridized carbons (Fsp3) is 0.400. The molecule has 0 aromatic heterocycles. The van der Waals surface area contributed by atoms with E-state index in [0.717, 1.165) is 6.07 Å². The Hall–Kier alpha value is -1.07. The molecule has 0 aliphatic carbocycles. The van der Waals surface area contributed by atoms with Gasteiger partial charge in [0.15, 0.2) is 17.5 Å². The molecule has 0 spiro atoms. The third kappa shape index (κ3) is 2.30. The van der Waals surface area contributed by atoms with Crippen molar-refractivity contribution in [1.29, 1.82) is 0 Å². The third-order valence-corrected chi connectivity index (χ3v) is 2.25. The van der Waals surface area contributed by atoms with Gasteiger partial charge in [-0.1, -0.05) is 19.9 Å². The monoisotopic (exact) mass is 218 g/mol. The average molecular weight is 218 g/mol. The van der Waals surface area contributed by atoms with E-state index in [4.69, 9.17) is 5.84 Å². The zero-order valence-electron chi connectivity index (χ0n) is 8.52. The number of nitrogens with one attached hydrogen (secondary N) is 1. The van der Waals surface area contributed by atoms with Gasteiger partial charge in [0.1, 0.15) is 0 Å². The predicted molar refractivity (Wildman–Crippen MR) is 51.2 cm³/mol. The van der Waals surface area contributed by atoms with Crippen LogP contribution >= 0.6 is 0 Å². The lowest BCUT2D eigenvalue weighted by molar-refractivity contribution is 0.382. The summed E-state index contributed by atoms with van der Waals surface area (Å²) in [6.45, 7) is 3.59. The van der Waals surface area contributed by atoms with E-state index in [1.807, 2.05) is 0 Å². The highest BCUT2D eigenvalue weighted by Crippen LogP contribution is 2.25. The molecule has 2 nitrogen and oxygen atoms in total. The van der Waals surface area contributed by atoms with Gasteiger partial charge in [-0.15, -0.1) is 0 Å². The second-order valence-electron chi connectivity index (χ2n) is 3.65. The van der Waals surface area contributed by atoms with Gasteiger partial charge >= 0.3 is 0 Å². The molecule has 0 fully saturated rings. The van der Waals surface area contributed by atoms with Gasteiger partial charge in [-0.05, 0) is 12.0 Å². The van der Waals surface area contributed by atoms with E-state index < -0.39 is 23.5 Å². The standard InChI is InChI=1S/C10H13F3N2/c1-5(2)10(15-14)6-3-4-7(11)9(13)8(6)12/h3-5,10,15H,14H2,1-2H3. The normalized spacial score (nSPS) is 13.3. The van der Waals surface area contributed by atoms with Crippen molar-refractivity contribution in [2.24, 2.45) is 11.8 Å². The molecule has 3 N–H and O–H groups in total. The molecule has 1 aromatic carbocycles. The van der Waals surface area contributed by atoms with E-state index in [0.29, 0.717) is 0 Å². The summed E-state index contributed by atoms with van der Waals surface area (Å²) >= 11 is 0. The maximum atomic E-state index is 13.3. The Kier molecular flexibility index (Phi) is 3.71. The van der Waals surface area contributed by atoms with Crippen molar-refractivity contribution in [3.63, 3.8) is 0 Å². The van der Waals surface area contributed by atoms with Crippen molar-refractivity contribution in [2.75, 3.05) is 0 Å². The molecule has 5 heteroatoms. The summed E-state index contributed by atoms with van der Waals surface area (Å²) in [5.74, 6) is 1.35. The molecule has 15 heavy (non-hydrogen) atoms. The average Bonchev–Trinajstić information content (AvgIpc) is 2.18. The van der Waals surface area contributed by atoms with Crippen LogP contribution in [0.25, 0.3) is 0 Å². The molecule has 0 radical (unpaired) electrons. The minimum absolute atomic E-state index is 0.0330. The largest absolute Gasteiger partial charge is 0.271 e. The van der Waals surface area contributed by atoms with Crippen molar-refractivity contribution < 1.29 is 13.2 Å². The minimum Gasteiger partial charge on any atom is -0.271 e. The highest BCUT2D eigenvalue weighted by Gasteiger charge is 2.22. The van der Waals surface area contributed by atoms with Gasteiger partial charge in [-0.25, -0.2) is 13.2 Å². The summed E-state index contributed by atoms with van der Waals surface area (Å²) in [7, 11) is 0. The van der Waals surface area contributed by atoms with Gasteiger partial charge < -0.3 is 0 Å². The summed E-state index contributed by atoms with van der Waals surface area (Å²) in [4.78, 5) is 0. The molecule has 0 aliphatic rings. The molecule has 0 aliphatic heterocycles. The lowest BCUT2D eigenvalue weighted by atomic mass is 9.96. The van der Waals surface area contributed by atoms with Crippen molar-refractivity contribution >= 4 is 0 Å². The van der Waals surface area contributed by atoms with Crippen LogP contribution in [0.2, 0.25) is 0 Å². The summed E-state index contributed by atoms with van der Waals surface area (Å²) in [5.41, 5.74) is 2.41. The zero-order valence-corrected chi connectivity index (χ0v) is 8.52. The SMILES string of the molecule is CC(C)C(NN)c1ccc(F)c(F)c1F. The molecule has 0 heterocycles. The van der Waals surface area contributed by atoms with Crippen LogP contribution in [0.4, 0.5) is 13.2 Å². The third-order valence-electron chi connectivity index (χ3n) is 2.25. The summed E-state index contributed by atoms with van der Waals surface area (Å²) in [6.07, 6.45) is 0. The minimum atomic E-state index is -1.46. The van der Waals surface area contributed by atoms with Crippen LogP contribution in [0, 0.1) is 23.4 Å². The van der Waals surface area contributed by atoms with Crippen molar-refractivity contribution in [3.8, 4) is 0 Å². The lowest BCUT2D eigenvalue weighted by Crippen LogP contribution is -2.32. The Bertz CT molecular complexity index is 353.